The summed E-state index contributed by atoms with van der Waals surface area (Å²) in [7, 11) is 1.67. The monoisotopic (exact) mass is 243 g/mol. The van der Waals surface area contributed by atoms with E-state index in [0.29, 0.717) is 18.9 Å². The molecule has 17 heavy (non-hydrogen) atoms. The van der Waals surface area contributed by atoms with Gasteiger partial charge in [-0.3, -0.25) is 9.69 Å². The van der Waals surface area contributed by atoms with Crippen LogP contribution in [0.1, 0.15) is 40.0 Å². The van der Waals surface area contributed by atoms with Crippen LogP contribution >= 0.6 is 0 Å². The van der Waals surface area contributed by atoms with Gasteiger partial charge in [0.25, 0.3) is 0 Å². The third-order valence-corrected chi connectivity index (χ3v) is 3.54. The predicted octanol–water partition coefficient (Wildman–Crippen LogP) is 1.21. The first-order valence-corrected chi connectivity index (χ1v) is 6.77. The van der Waals surface area contributed by atoms with Gasteiger partial charge in [-0.2, -0.15) is 0 Å². The first kappa shape index (κ1) is 16.4. The molecule has 1 unspecified atom stereocenters. The maximum atomic E-state index is 11.4. The molecule has 0 bridgehead atoms. The van der Waals surface area contributed by atoms with E-state index in [4.69, 9.17) is 5.73 Å². The van der Waals surface area contributed by atoms with E-state index in [1.165, 1.54) is 12.8 Å². The van der Waals surface area contributed by atoms with Gasteiger partial charge in [-0.1, -0.05) is 33.6 Å². The van der Waals surface area contributed by atoms with Crippen LogP contribution in [-0.4, -0.2) is 43.5 Å². The van der Waals surface area contributed by atoms with Crippen LogP contribution in [0.15, 0.2) is 0 Å². The molecule has 0 aliphatic carbocycles. The number of hydrogen-bond donors (Lipinski definition) is 2. The Kier molecular flexibility index (Phi) is 9.09. The molecule has 0 heterocycles. The van der Waals surface area contributed by atoms with Gasteiger partial charge in [0.2, 0.25) is 5.91 Å². The standard InChI is InChI=1S/C13H29N3O/c1-5-11(6-2)10-16(7-3)12(9-14)8-13(17)15-4/h11-12H,5-10,14H2,1-4H3,(H,15,17). The van der Waals surface area contributed by atoms with Crippen molar-refractivity contribution < 1.29 is 4.79 Å². The summed E-state index contributed by atoms with van der Waals surface area (Å²) in [5, 5.41) is 2.67. The number of carbonyl (C=O) groups is 1. The fourth-order valence-electron chi connectivity index (χ4n) is 2.09. The lowest BCUT2D eigenvalue weighted by Gasteiger charge is -2.32. The lowest BCUT2D eigenvalue weighted by Crippen LogP contribution is -2.45. The molecule has 4 nitrogen and oxygen atoms in total. The van der Waals surface area contributed by atoms with Gasteiger partial charge in [-0.05, 0) is 12.5 Å². The summed E-state index contributed by atoms with van der Waals surface area (Å²) < 4.78 is 0. The van der Waals surface area contributed by atoms with Crippen molar-refractivity contribution in [3.05, 3.63) is 0 Å². The van der Waals surface area contributed by atoms with Crippen LogP contribution in [-0.2, 0) is 4.79 Å². The number of nitrogens with one attached hydrogen (secondary N) is 1. The molecular formula is C13H29N3O. The number of likely N-dealkylation sites (N-methyl/N-ethyl adjacent to an activating group) is 1. The van der Waals surface area contributed by atoms with Gasteiger partial charge in [0.1, 0.15) is 0 Å². The van der Waals surface area contributed by atoms with E-state index >= 15 is 0 Å². The van der Waals surface area contributed by atoms with Gasteiger partial charge in [0.05, 0.1) is 0 Å². The summed E-state index contributed by atoms with van der Waals surface area (Å²) in [5.41, 5.74) is 5.79. The molecule has 0 radical (unpaired) electrons. The Morgan fingerprint density at radius 2 is 1.88 bits per heavy atom. The summed E-state index contributed by atoms with van der Waals surface area (Å²) >= 11 is 0. The van der Waals surface area contributed by atoms with Crippen molar-refractivity contribution >= 4 is 5.91 Å². The Morgan fingerprint density at radius 3 is 2.24 bits per heavy atom. The van der Waals surface area contributed by atoms with Gasteiger partial charge >= 0.3 is 0 Å². The van der Waals surface area contributed by atoms with Gasteiger partial charge in [0.15, 0.2) is 0 Å². The lowest BCUT2D eigenvalue weighted by molar-refractivity contribution is -0.121. The highest BCUT2D eigenvalue weighted by atomic mass is 16.1. The smallest absolute Gasteiger partial charge is 0.221 e. The second kappa shape index (κ2) is 9.42. The third kappa shape index (κ3) is 6.03. The molecule has 0 fully saturated rings. The Balaban J connectivity index is 4.41. The molecule has 0 aliphatic rings. The Bertz CT molecular complexity index is 205. The molecule has 1 amide bonds. The van der Waals surface area contributed by atoms with E-state index in [9.17, 15) is 4.79 Å². The normalized spacial score (nSPS) is 13.1. The Hall–Kier alpha value is -0.610. The third-order valence-electron chi connectivity index (χ3n) is 3.54. The van der Waals surface area contributed by atoms with Crippen LogP contribution in [0, 0.1) is 5.92 Å². The van der Waals surface area contributed by atoms with Gasteiger partial charge in [-0.15, -0.1) is 0 Å². The molecule has 102 valence electrons. The SMILES string of the molecule is CCC(CC)CN(CC)C(CN)CC(=O)NC. The molecule has 0 saturated heterocycles. The van der Waals surface area contributed by atoms with E-state index in [1.807, 2.05) is 0 Å². The first-order chi connectivity index (χ1) is 8.12. The van der Waals surface area contributed by atoms with Crippen molar-refractivity contribution in [2.24, 2.45) is 11.7 Å². The molecule has 0 aromatic rings. The van der Waals surface area contributed by atoms with Crippen LogP contribution in [0.2, 0.25) is 0 Å². The number of nitrogens with zero attached hydrogens (tertiary/aromatic N) is 1. The molecule has 0 saturated carbocycles. The van der Waals surface area contributed by atoms with Crippen molar-refractivity contribution in [2.75, 3.05) is 26.7 Å². The Morgan fingerprint density at radius 1 is 1.29 bits per heavy atom. The van der Waals surface area contributed by atoms with Crippen LogP contribution < -0.4 is 11.1 Å². The van der Waals surface area contributed by atoms with Crippen LogP contribution in [0.5, 0.6) is 0 Å². The Labute approximate surface area is 106 Å². The summed E-state index contributed by atoms with van der Waals surface area (Å²) in [6.07, 6.45) is 2.87. The second-order valence-electron chi connectivity index (χ2n) is 4.54. The number of hydrogen-bond acceptors (Lipinski definition) is 3. The van der Waals surface area contributed by atoms with Crippen LogP contribution in [0.4, 0.5) is 0 Å². The minimum atomic E-state index is 0.0726. The molecule has 0 aromatic heterocycles. The molecule has 3 N–H and O–H groups in total. The predicted molar refractivity (Wildman–Crippen MR) is 72.8 cm³/mol. The molecule has 0 spiro atoms. The van der Waals surface area contributed by atoms with Crippen molar-refractivity contribution in [3.8, 4) is 0 Å². The summed E-state index contributed by atoms with van der Waals surface area (Å²) in [5.74, 6) is 0.775. The van der Waals surface area contributed by atoms with Gasteiger partial charge in [-0.25, -0.2) is 0 Å². The fourth-order valence-corrected chi connectivity index (χ4v) is 2.09. The van der Waals surface area contributed by atoms with E-state index in [0.717, 1.165) is 13.1 Å². The topological polar surface area (TPSA) is 58.4 Å². The van der Waals surface area contributed by atoms with E-state index in [-0.39, 0.29) is 11.9 Å². The number of carbonyl (C=O) groups excluding carboxylic acids is 1. The highest BCUT2D eigenvalue weighted by Crippen LogP contribution is 2.13. The number of amides is 1. The average molecular weight is 243 g/mol. The largest absolute Gasteiger partial charge is 0.359 e. The second-order valence-corrected chi connectivity index (χ2v) is 4.54. The van der Waals surface area contributed by atoms with Crippen LogP contribution in [0.3, 0.4) is 0 Å². The average Bonchev–Trinajstić information content (AvgIpc) is 2.37. The van der Waals surface area contributed by atoms with Crippen molar-refractivity contribution in [3.63, 3.8) is 0 Å². The van der Waals surface area contributed by atoms with E-state index in [2.05, 4.69) is 31.0 Å². The lowest BCUT2D eigenvalue weighted by atomic mass is 10.0. The van der Waals surface area contributed by atoms with Crippen molar-refractivity contribution in [1.29, 1.82) is 0 Å². The molecule has 1 atom stereocenters. The van der Waals surface area contributed by atoms with E-state index < -0.39 is 0 Å². The minimum Gasteiger partial charge on any atom is -0.359 e. The number of nitrogens with two attached hydrogens (primary N) is 1. The highest BCUT2D eigenvalue weighted by molar-refractivity contribution is 5.76. The van der Waals surface area contributed by atoms with E-state index in [1.54, 1.807) is 7.05 Å². The van der Waals surface area contributed by atoms with Gasteiger partial charge < -0.3 is 11.1 Å². The number of rotatable bonds is 9. The molecular weight excluding hydrogens is 214 g/mol. The zero-order valence-corrected chi connectivity index (χ0v) is 11.8. The van der Waals surface area contributed by atoms with Crippen LogP contribution in [0.25, 0.3) is 0 Å². The molecule has 0 aliphatic heterocycles. The summed E-state index contributed by atoms with van der Waals surface area (Å²) in [6.45, 7) is 9.12. The minimum absolute atomic E-state index is 0.0726. The molecule has 0 rings (SSSR count). The molecule has 0 aromatic carbocycles. The van der Waals surface area contributed by atoms with Gasteiger partial charge in [0, 0.05) is 32.6 Å². The summed E-state index contributed by atoms with van der Waals surface area (Å²) in [6, 6.07) is 0.167. The quantitative estimate of drug-likeness (QED) is 0.640. The van der Waals surface area contributed by atoms with Crippen molar-refractivity contribution in [1.82, 2.24) is 10.2 Å². The maximum Gasteiger partial charge on any atom is 0.221 e. The summed E-state index contributed by atoms with van der Waals surface area (Å²) in [4.78, 5) is 13.8. The zero-order chi connectivity index (χ0) is 13.3. The molecule has 4 heteroatoms. The zero-order valence-electron chi connectivity index (χ0n) is 11.8. The highest BCUT2D eigenvalue weighted by Gasteiger charge is 2.20. The first-order valence-electron chi connectivity index (χ1n) is 6.77. The fraction of sp³-hybridized carbons (Fsp3) is 0.923. The maximum absolute atomic E-state index is 11.4. The van der Waals surface area contributed by atoms with Crippen molar-refractivity contribution in [2.45, 2.75) is 46.1 Å².